The van der Waals surface area contributed by atoms with E-state index in [-0.39, 0.29) is 23.2 Å². The number of amides is 1. The fourth-order valence-electron chi connectivity index (χ4n) is 1.27. The lowest BCUT2D eigenvalue weighted by atomic mass is 9.86. The first-order valence-corrected chi connectivity index (χ1v) is 5.78. The van der Waals surface area contributed by atoms with E-state index in [0.29, 0.717) is 6.42 Å². The fourth-order valence-corrected chi connectivity index (χ4v) is 1.45. The van der Waals surface area contributed by atoms with Crippen molar-refractivity contribution in [3.8, 4) is 0 Å². The SMILES string of the molecule is CCC(C)(CN)C(=O)Nc1cccc(Cl)c1F. The van der Waals surface area contributed by atoms with Crippen molar-refractivity contribution < 1.29 is 9.18 Å². The summed E-state index contributed by atoms with van der Waals surface area (Å²) in [5, 5.41) is 2.50. The number of nitrogens with two attached hydrogens (primary N) is 1. The van der Waals surface area contributed by atoms with Crippen molar-refractivity contribution in [1.29, 1.82) is 0 Å². The first-order chi connectivity index (χ1) is 7.94. The van der Waals surface area contributed by atoms with Gasteiger partial charge in [0, 0.05) is 6.54 Å². The number of rotatable bonds is 4. The van der Waals surface area contributed by atoms with E-state index in [1.165, 1.54) is 12.1 Å². The number of anilines is 1. The van der Waals surface area contributed by atoms with Gasteiger partial charge in [0.2, 0.25) is 5.91 Å². The van der Waals surface area contributed by atoms with Crippen molar-refractivity contribution in [2.75, 3.05) is 11.9 Å². The maximum atomic E-state index is 13.6. The molecule has 0 spiro atoms. The lowest BCUT2D eigenvalue weighted by Gasteiger charge is -2.25. The molecule has 1 rings (SSSR count). The lowest BCUT2D eigenvalue weighted by molar-refractivity contribution is -0.124. The molecule has 1 atom stereocenters. The van der Waals surface area contributed by atoms with Crippen molar-refractivity contribution in [3.05, 3.63) is 29.0 Å². The van der Waals surface area contributed by atoms with E-state index in [2.05, 4.69) is 5.32 Å². The molecule has 0 radical (unpaired) electrons. The summed E-state index contributed by atoms with van der Waals surface area (Å²) in [6, 6.07) is 4.47. The Morgan fingerprint density at radius 1 is 1.59 bits per heavy atom. The van der Waals surface area contributed by atoms with Gasteiger partial charge in [0.25, 0.3) is 0 Å². The van der Waals surface area contributed by atoms with Crippen molar-refractivity contribution in [1.82, 2.24) is 0 Å². The smallest absolute Gasteiger partial charge is 0.231 e. The second-order valence-electron chi connectivity index (χ2n) is 4.17. The Bertz CT molecular complexity index is 419. The molecule has 1 aromatic carbocycles. The van der Waals surface area contributed by atoms with Crippen LogP contribution in [-0.2, 0) is 4.79 Å². The number of carbonyl (C=O) groups is 1. The van der Waals surface area contributed by atoms with Crippen LogP contribution < -0.4 is 11.1 Å². The average Bonchev–Trinajstić information content (AvgIpc) is 2.33. The molecular formula is C12H16ClFN2O. The second-order valence-corrected chi connectivity index (χ2v) is 4.58. The third-order valence-corrected chi connectivity index (χ3v) is 3.27. The number of benzene rings is 1. The molecule has 3 nitrogen and oxygen atoms in total. The number of nitrogens with one attached hydrogen (secondary N) is 1. The Morgan fingerprint density at radius 3 is 2.76 bits per heavy atom. The molecule has 0 fully saturated rings. The third-order valence-electron chi connectivity index (χ3n) is 2.98. The van der Waals surface area contributed by atoms with Gasteiger partial charge >= 0.3 is 0 Å². The van der Waals surface area contributed by atoms with Crippen molar-refractivity contribution in [3.63, 3.8) is 0 Å². The van der Waals surface area contributed by atoms with E-state index < -0.39 is 11.2 Å². The van der Waals surface area contributed by atoms with Crippen LogP contribution >= 0.6 is 11.6 Å². The van der Waals surface area contributed by atoms with Crippen LogP contribution in [0.3, 0.4) is 0 Å². The molecule has 0 heterocycles. The van der Waals surface area contributed by atoms with Gasteiger partial charge in [-0.15, -0.1) is 0 Å². The van der Waals surface area contributed by atoms with E-state index in [1.807, 2.05) is 6.92 Å². The zero-order valence-electron chi connectivity index (χ0n) is 9.89. The van der Waals surface area contributed by atoms with Crippen LogP contribution in [0.4, 0.5) is 10.1 Å². The van der Waals surface area contributed by atoms with Gasteiger partial charge < -0.3 is 11.1 Å². The molecule has 0 aliphatic heterocycles. The Balaban J connectivity index is 2.92. The topological polar surface area (TPSA) is 55.1 Å². The predicted molar refractivity (Wildman–Crippen MR) is 67.5 cm³/mol. The van der Waals surface area contributed by atoms with Gasteiger partial charge in [-0.2, -0.15) is 0 Å². The van der Waals surface area contributed by atoms with Gasteiger partial charge in [0.05, 0.1) is 16.1 Å². The molecule has 5 heteroatoms. The quantitative estimate of drug-likeness (QED) is 0.873. The second kappa shape index (κ2) is 5.47. The van der Waals surface area contributed by atoms with Gasteiger partial charge in [-0.25, -0.2) is 4.39 Å². The number of halogens is 2. The predicted octanol–water partition coefficient (Wildman–Crippen LogP) is 2.79. The first kappa shape index (κ1) is 13.9. The highest BCUT2D eigenvalue weighted by molar-refractivity contribution is 6.31. The van der Waals surface area contributed by atoms with Crippen LogP contribution in [0.25, 0.3) is 0 Å². The summed E-state index contributed by atoms with van der Waals surface area (Å²) in [5.74, 6) is -0.929. The van der Waals surface area contributed by atoms with E-state index in [1.54, 1.807) is 13.0 Å². The van der Waals surface area contributed by atoms with Crippen LogP contribution in [0.5, 0.6) is 0 Å². The van der Waals surface area contributed by atoms with Crippen LogP contribution in [0.2, 0.25) is 5.02 Å². The molecule has 0 aliphatic rings. The molecule has 0 saturated heterocycles. The minimum absolute atomic E-state index is 0.0197. The first-order valence-electron chi connectivity index (χ1n) is 5.40. The van der Waals surface area contributed by atoms with Crippen LogP contribution in [0, 0.1) is 11.2 Å². The number of carbonyl (C=O) groups excluding carboxylic acids is 1. The summed E-state index contributed by atoms with van der Waals surface area (Å²) in [7, 11) is 0. The molecule has 17 heavy (non-hydrogen) atoms. The van der Waals surface area contributed by atoms with Crippen LogP contribution in [0.15, 0.2) is 18.2 Å². The van der Waals surface area contributed by atoms with Crippen molar-refractivity contribution in [2.45, 2.75) is 20.3 Å². The largest absolute Gasteiger partial charge is 0.329 e. The summed E-state index contributed by atoms with van der Waals surface area (Å²) in [6.45, 7) is 3.81. The van der Waals surface area contributed by atoms with E-state index in [9.17, 15) is 9.18 Å². The summed E-state index contributed by atoms with van der Waals surface area (Å²) >= 11 is 5.63. The highest BCUT2D eigenvalue weighted by atomic mass is 35.5. The molecule has 94 valence electrons. The minimum atomic E-state index is -0.700. The van der Waals surface area contributed by atoms with Gasteiger partial charge in [-0.05, 0) is 25.5 Å². The van der Waals surface area contributed by atoms with Gasteiger partial charge in [-0.1, -0.05) is 24.6 Å². The Kier molecular flexibility index (Phi) is 4.48. The maximum Gasteiger partial charge on any atom is 0.231 e. The van der Waals surface area contributed by atoms with Crippen molar-refractivity contribution >= 4 is 23.2 Å². The van der Waals surface area contributed by atoms with Gasteiger partial charge in [0.1, 0.15) is 0 Å². The average molecular weight is 259 g/mol. The molecule has 0 bridgehead atoms. The third kappa shape index (κ3) is 2.96. The zero-order chi connectivity index (χ0) is 13.1. The number of hydrogen-bond acceptors (Lipinski definition) is 2. The maximum absolute atomic E-state index is 13.6. The Hall–Kier alpha value is -1.13. The zero-order valence-corrected chi connectivity index (χ0v) is 10.6. The normalized spacial score (nSPS) is 14.2. The highest BCUT2D eigenvalue weighted by Gasteiger charge is 2.30. The van der Waals surface area contributed by atoms with Gasteiger partial charge in [0.15, 0.2) is 5.82 Å². The van der Waals surface area contributed by atoms with Crippen LogP contribution in [-0.4, -0.2) is 12.5 Å². The molecule has 0 saturated carbocycles. The van der Waals surface area contributed by atoms with E-state index >= 15 is 0 Å². The van der Waals surface area contributed by atoms with Gasteiger partial charge in [-0.3, -0.25) is 4.79 Å². The van der Waals surface area contributed by atoms with Crippen molar-refractivity contribution in [2.24, 2.45) is 11.1 Å². The van der Waals surface area contributed by atoms with E-state index in [0.717, 1.165) is 0 Å². The Morgan fingerprint density at radius 2 is 2.24 bits per heavy atom. The fraction of sp³-hybridized carbons (Fsp3) is 0.417. The Labute approximate surface area is 105 Å². The summed E-state index contributed by atoms with van der Waals surface area (Å²) < 4.78 is 13.6. The molecule has 0 aliphatic carbocycles. The lowest BCUT2D eigenvalue weighted by Crippen LogP contribution is -2.39. The molecule has 1 aromatic rings. The van der Waals surface area contributed by atoms with Crippen LogP contribution in [0.1, 0.15) is 20.3 Å². The van der Waals surface area contributed by atoms with E-state index in [4.69, 9.17) is 17.3 Å². The molecule has 0 aromatic heterocycles. The standard InChI is InChI=1S/C12H16ClFN2O/c1-3-12(2,7-15)11(17)16-9-6-4-5-8(13)10(9)14/h4-6H,3,7,15H2,1-2H3,(H,16,17). The summed E-state index contributed by atoms with van der Waals surface area (Å²) in [4.78, 5) is 12.0. The summed E-state index contributed by atoms with van der Waals surface area (Å²) in [6.07, 6.45) is 0.581. The highest BCUT2D eigenvalue weighted by Crippen LogP contribution is 2.26. The number of hydrogen-bond donors (Lipinski definition) is 2. The minimum Gasteiger partial charge on any atom is -0.329 e. The molecule has 3 N–H and O–H groups in total. The molecule has 1 unspecified atom stereocenters. The molecular weight excluding hydrogens is 243 g/mol. The monoisotopic (exact) mass is 258 g/mol. The summed E-state index contributed by atoms with van der Waals surface area (Å²) in [5.41, 5.74) is 4.94. The molecule has 1 amide bonds.